The third kappa shape index (κ3) is 4.53. The molecule has 0 saturated heterocycles. The normalized spacial score (nSPS) is 12.5. The Morgan fingerprint density at radius 1 is 1.15 bits per heavy atom. The van der Waals surface area contributed by atoms with Gasteiger partial charge in [0.2, 0.25) is 15.8 Å². The molecule has 0 aliphatic heterocycles. The highest BCUT2D eigenvalue weighted by molar-refractivity contribution is 7.89. The minimum atomic E-state index is -4.11. The Morgan fingerprint density at radius 3 is 2.31 bits per heavy atom. The number of nitrogens with two attached hydrogens (primary N) is 1. The van der Waals surface area contributed by atoms with Crippen molar-refractivity contribution in [2.24, 2.45) is 5.14 Å². The Bertz CT molecular complexity index is 939. The van der Waals surface area contributed by atoms with Crippen LogP contribution in [0.5, 0.6) is 0 Å². The van der Waals surface area contributed by atoms with Gasteiger partial charge in [-0.25, -0.2) is 22.7 Å². The van der Waals surface area contributed by atoms with Crippen LogP contribution < -0.4 is 5.14 Å². The summed E-state index contributed by atoms with van der Waals surface area (Å²) in [6, 6.07) is 9.33. The maximum atomic E-state index is 13.8. The lowest BCUT2D eigenvalue weighted by Crippen LogP contribution is -2.25. The molecule has 0 unspecified atom stereocenters. The van der Waals surface area contributed by atoms with Crippen LogP contribution in [0.1, 0.15) is 40.1 Å². The summed E-state index contributed by atoms with van der Waals surface area (Å²) in [6.45, 7) is 3.33. The zero-order valence-corrected chi connectivity index (χ0v) is 15.0. The van der Waals surface area contributed by atoms with Gasteiger partial charge in [0.05, 0.1) is 10.5 Å². The van der Waals surface area contributed by atoms with Crippen molar-refractivity contribution in [3.8, 4) is 0 Å². The third-order valence-electron chi connectivity index (χ3n) is 3.79. The molecular formula is C18H18FNO5S. The van der Waals surface area contributed by atoms with E-state index in [1.54, 1.807) is 24.3 Å². The first kappa shape index (κ1) is 19.7. The fourth-order valence-electron chi connectivity index (χ4n) is 2.25. The van der Waals surface area contributed by atoms with Gasteiger partial charge < -0.3 is 4.74 Å². The van der Waals surface area contributed by atoms with E-state index in [2.05, 4.69) is 0 Å². The zero-order valence-electron chi connectivity index (χ0n) is 14.2. The van der Waals surface area contributed by atoms with Crippen molar-refractivity contribution in [3.63, 3.8) is 0 Å². The number of rotatable bonds is 6. The van der Waals surface area contributed by atoms with E-state index in [0.717, 1.165) is 30.2 Å². The van der Waals surface area contributed by atoms with E-state index >= 15 is 0 Å². The van der Waals surface area contributed by atoms with Gasteiger partial charge in [-0.3, -0.25) is 4.79 Å². The Hall–Kier alpha value is -2.58. The molecule has 26 heavy (non-hydrogen) atoms. The van der Waals surface area contributed by atoms with Gasteiger partial charge in [-0.2, -0.15) is 0 Å². The quantitative estimate of drug-likeness (QED) is 0.613. The largest absolute Gasteiger partial charge is 0.451 e. The Balaban J connectivity index is 2.19. The Morgan fingerprint density at radius 2 is 1.77 bits per heavy atom. The minimum Gasteiger partial charge on any atom is -0.451 e. The summed E-state index contributed by atoms with van der Waals surface area (Å²) in [4.78, 5) is 24.0. The molecule has 0 aliphatic carbocycles. The molecule has 0 spiro atoms. The molecule has 2 aromatic carbocycles. The van der Waals surface area contributed by atoms with Crippen molar-refractivity contribution in [2.45, 2.75) is 31.3 Å². The number of aryl methyl sites for hydroxylation is 1. The van der Waals surface area contributed by atoms with Gasteiger partial charge in [0.15, 0.2) is 6.10 Å². The van der Waals surface area contributed by atoms with Crippen LogP contribution in [-0.4, -0.2) is 26.3 Å². The molecule has 6 nitrogen and oxygen atoms in total. The summed E-state index contributed by atoms with van der Waals surface area (Å²) in [6.07, 6.45) is -0.355. The van der Waals surface area contributed by atoms with Crippen LogP contribution in [0.2, 0.25) is 0 Å². The van der Waals surface area contributed by atoms with Crippen molar-refractivity contribution in [1.29, 1.82) is 0 Å². The molecular weight excluding hydrogens is 361 g/mol. The SMILES string of the molecule is CCc1ccc(C(=O)[C@H](C)OC(=O)c2cc(S(N)(=O)=O)ccc2F)cc1. The first-order valence-corrected chi connectivity index (χ1v) is 9.34. The van der Waals surface area contributed by atoms with Crippen LogP contribution in [-0.2, 0) is 21.2 Å². The van der Waals surface area contributed by atoms with Crippen LogP contribution in [0.3, 0.4) is 0 Å². The molecule has 0 fully saturated rings. The van der Waals surface area contributed by atoms with Crippen LogP contribution in [0.25, 0.3) is 0 Å². The number of hydrogen-bond donors (Lipinski definition) is 1. The van der Waals surface area contributed by atoms with E-state index < -0.39 is 44.2 Å². The molecule has 1 atom stereocenters. The second-order valence-corrected chi connectivity index (χ2v) is 7.21. The molecule has 0 saturated carbocycles. The lowest BCUT2D eigenvalue weighted by molar-refractivity contribution is 0.0314. The molecule has 0 amide bonds. The number of carbonyl (C=O) groups is 2. The predicted molar refractivity (Wildman–Crippen MR) is 92.8 cm³/mol. The van der Waals surface area contributed by atoms with Crippen molar-refractivity contribution >= 4 is 21.8 Å². The van der Waals surface area contributed by atoms with E-state index in [-0.39, 0.29) is 0 Å². The van der Waals surface area contributed by atoms with E-state index in [1.165, 1.54) is 6.92 Å². The number of benzene rings is 2. The van der Waals surface area contributed by atoms with E-state index in [1.807, 2.05) is 6.92 Å². The first-order valence-electron chi connectivity index (χ1n) is 7.80. The number of primary sulfonamides is 1. The number of carbonyl (C=O) groups excluding carboxylic acids is 2. The number of ether oxygens (including phenoxy) is 1. The highest BCUT2D eigenvalue weighted by atomic mass is 32.2. The minimum absolute atomic E-state index is 0.348. The summed E-state index contributed by atoms with van der Waals surface area (Å²) in [5, 5.41) is 4.97. The summed E-state index contributed by atoms with van der Waals surface area (Å²) in [7, 11) is -4.11. The van der Waals surface area contributed by atoms with Gasteiger partial charge in [-0.05, 0) is 37.1 Å². The fraction of sp³-hybridized carbons (Fsp3) is 0.222. The molecule has 2 rings (SSSR count). The number of ketones is 1. The molecule has 0 aromatic heterocycles. The number of hydrogen-bond acceptors (Lipinski definition) is 5. The lowest BCUT2D eigenvalue weighted by atomic mass is 10.0. The summed E-state index contributed by atoms with van der Waals surface area (Å²) < 4.78 is 41.5. The molecule has 8 heteroatoms. The maximum Gasteiger partial charge on any atom is 0.341 e. The standard InChI is InChI=1S/C18H18FNO5S/c1-3-12-4-6-13(7-5-12)17(21)11(2)25-18(22)15-10-14(26(20,23)24)8-9-16(15)19/h4-11H,3H2,1-2H3,(H2,20,23,24)/t11-/m0/s1. The molecule has 0 aliphatic rings. The van der Waals surface area contributed by atoms with Crippen LogP contribution in [0.15, 0.2) is 47.4 Å². The molecule has 138 valence electrons. The third-order valence-corrected chi connectivity index (χ3v) is 4.70. The highest BCUT2D eigenvalue weighted by Gasteiger charge is 2.23. The maximum absolute atomic E-state index is 13.8. The number of halogens is 1. The number of sulfonamides is 1. The van der Waals surface area contributed by atoms with E-state index in [4.69, 9.17) is 9.88 Å². The van der Waals surface area contributed by atoms with Gasteiger partial charge in [0.1, 0.15) is 5.82 Å². The summed E-state index contributed by atoms with van der Waals surface area (Å²) in [5.41, 5.74) is 0.784. The second-order valence-electron chi connectivity index (χ2n) is 5.65. The van der Waals surface area contributed by atoms with Crippen molar-refractivity contribution in [2.75, 3.05) is 0 Å². The van der Waals surface area contributed by atoms with Gasteiger partial charge in [0.25, 0.3) is 0 Å². The molecule has 0 heterocycles. The van der Waals surface area contributed by atoms with Crippen molar-refractivity contribution in [1.82, 2.24) is 0 Å². The number of Topliss-reactive ketones (excluding diaryl/α,β-unsaturated/α-hetero) is 1. The van der Waals surface area contributed by atoms with Gasteiger partial charge in [-0.15, -0.1) is 0 Å². The Kier molecular flexibility index (Phi) is 5.89. The topological polar surface area (TPSA) is 104 Å². The summed E-state index contributed by atoms with van der Waals surface area (Å²) in [5.74, 6) is -2.59. The van der Waals surface area contributed by atoms with Gasteiger partial charge in [-0.1, -0.05) is 31.2 Å². The van der Waals surface area contributed by atoms with Crippen LogP contribution >= 0.6 is 0 Å². The molecule has 0 radical (unpaired) electrons. The fourth-order valence-corrected chi connectivity index (χ4v) is 2.79. The van der Waals surface area contributed by atoms with Gasteiger partial charge in [0, 0.05) is 5.56 Å². The van der Waals surface area contributed by atoms with Crippen molar-refractivity contribution < 1.29 is 27.1 Å². The zero-order chi connectivity index (χ0) is 19.5. The predicted octanol–water partition coefficient (Wildman–Crippen LogP) is 2.46. The highest BCUT2D eigenvalue weighted by Crippen LogP contribution is 2.17. The van der Waals surface area contributed by atoms with Crippen molar-refractivity contribution in [3.05, 3.63) is 65.0 Å². The molecule has 0 bridgehead atoms. The lowest BCUT2D eigenvalue weighted by Gasteiger charge is -2.13. The van der Waals surface area contributed by atoms with E-state index in [0.29, 0.717) is 5.56 Å². The Labute approximate surface area is 150 Å². The first-order chi connectivity index (χ1) is 12.1. The molecule has 2 aromatic rings. The van der Waals surface area contributed by atoms with Crippen LogP contribution in [0.4, 0.5) is 4.39 Å². The monoisotopic (exact) mass is 379 g/mol. The second kappa shape index (κ2) is 7.76. The summed E-state index contributed by atoms with van der Waals surface area (Å²) >= 11 is 0. The smallest absolute Gasteiger partial charge is 0.341 e. The number of esters is 1. The van der Waals surface area contributed by atoms with E-state index in [9.17, 15) is 22.4 Å². The average molecular weight is 379 g/mol. The van der Waals surface area contributed by atoms with Crippen LogP contribution in [0, 0.1) is 5.82 Å². The molecule has 2 N–H and O–H groups in total. The van der Waals surface area contributed by atoms with Gasteiger partial charge >= 0.3 is 5.97 Å². The average Bonchev–Trinajstić information content (AvgIpc) is 2.60.